The van der Waals surface area contributed by atoms with Crippen molar-refractivity contribution in [2.45, 2.75) is 32.2 Å². The van der Waals surface area contributed by atoms with Crippen molar-refractivity contribution in [3.05, 3.63) is 74.8 Å². The van der Waals surface area contributed by atoms with Crippen LogP contribution in [0.5, 0.6) is 0 Å². The maximum Gasteiger partial charge on any atom is 0.171 e. The number of nitrogens with one attached hydrogen (secondary N) is 2. The summed E-state index contributed by atoms with van der Waals surface area (Å²) in [6.45, 7) is 2.15. The maximum atomic E-state index is 5.52. The van der Waals surface area contributed by atoms with Crippen LogP contribution < -0.4 is 10.6 Å². The predicted octanol–water partition coefficient (Wildman–Crippen LogP) is 5.02. The Hall–Kier alpha value is -1.65. The van der Waals surface area contributed by atoms with Crippen molar-refractivity contribution in [3.63, 3.8) is 0 Å². The topological polar surface area (TPSA) is 24.1 Å². The Morgan fingerprint density at radius 2 is 1.88 bits per heavy atom. The van der Waals surface area contributed by atoms with Gasteiger partial charge in [0.2, 0.25) is 0 Å². The molecule has 2 aromatic carbocycles. The van der Waals surface area contributed by atoms with Gasteiger partial charge in [-0.25, -0.2) is 0 Å². The van der Waals surface area contributed by atoms with Crippen LogP contribution in [-0.4, -0.2) is 5.11 Å². The lowest BCUT2D eigenvalue weighted by molar-refractivity contribution is 0.665. The number of fused-ring (bicyclic) bond motifs is 2. The Morgan fingerprint density at radius 3 is 2.67 bits per heavy atom. The highest BCUT2D eigenvalue weighted by molar-refractivity contribution is 9.10. The number of benzene rings is 2. The van der Waals surface area contributed by atoms with Crippen molar-refractivity contribution in [1.82, 2.24) is 10.6 Å². The van der Waals surface area contributed by atoms with Gasteiger partial charge in [-0.05, 0) is 73.3 Å². The van der Waals surface area contributed by atoms with Gasteiger partial charge in [-0.1, -0.05) is 45.8 Å². The molecule has 0 amide bonds. The average molecular weight is 399 g/mol. The van der Waals surface area contributed by atoms with E-state index in [9.17, 15) is 0 Å². The van der Waals surface area contributed by atoms with Crippen LogP contribution in [0.4, 0.5) is 0 Å². The molecule has 0 saturated carbocycles. The minimum atomic E-state index is 0.147. The molecule has 24 heavy (non-hydrogen) atoms. The summed E-state index contributed by atoms with van der Waals surface area (Å²) in [4.78, 5) is 0. The molecule has 1 unspecified atom stereocenters. The molecule has 1 atom stereocenters. The van der Waals surface area contributed by atoms with E-state index < -0.39 is 0 Å². The highest BCUT2D eigenvalue weighted by atomic mass is 79.9. The van der Waals surface area contributed by atoms with E-state index in [4.69, 9.17) is 12.2 Å². The molecule has 2 aliphatic rings. The van der Waals surface area contributed by atoms with Crippen molar-refractivity contribution >= 4 is 39.0 Å². The van der Waals surface area contributed by atoms with E-state index in [-0.39, 0.29) is 6.04 Å². The Morgan fingerprint density at radius 1 is 1.08 bits per heavy atom. The quantitative estimate of drug-likeness (QED) is 0.659. The van der Waals surface area contributed by atoms with E-state index in [1.807, 2.05) is 0 Å². The normalized spacial score (nSPS) is 19.8. The molecule has 0 saturated heterocycles. The third kappa shape index (κ3) is 2.89. The Labute approximate surface area is 156 Å². The molecule has 122 valence electrons. The van der Waals surface area contributed by atoms with Crippen LogP contribution in [0.25, 0.3) is 5.70 Å². The SMILES string of the molecule is Cc1ccc2c(c1)C1=C(CCC2)C(c2ccc(Br)cc2)NC(=S)N1. The molecule has 0 aromatic heterocycles. The lowest BCUT2D eigenvalue weighted by Crippen LogP contribution is -2.43. The fourth-order valence-corrected chi connectivity index (χ4v) is 4.14. The van der Waals surface area contributed by atoms with E-state index in [1.165, 1.54) is 33.5 Å². The number of halogens is 1. The Kier molecular flexibility index (Phi) is 4.19. The second-order valence-corrected chi connectivity index (χ2v) is 7.82. The zero-order valence-electron chi connectivity index (χ0n) is 13.5. The van der Waals surface area contributed by atoms with Crippen molar-refractivity contribution in [1.29, 1.82) is 0 Å². The minimum Gasteiger partial charge on any atom is -0.352 e. The van der Waals surface area contributed by atoms with Gasteiger partial charge in [0.15, 0.2) is 5.11 Å². The molecule has 4 rings (SSSR count). The standard InChI is InChI=1S/C20H19BrN2S/c1-12-5-6-13-3-2-4-16-18(14-7-9-15(21)10-8-14)22-20(24)23-19(16)17(13)11-12/h5-11,18H,2-4H2,1H3,(H2,22,23,24). The number of hydrogen-bond acceptors (Lipinski definition) is 1. The Balaban J connectivity index is 1.87. The highest BCUT2D eigenvalue weighted by Crippen LogP contribution is 2.38. The van der Waals surface area contributed by atoms with Gasteiger partial charge in [0.05, 0.1) is 6.04 Å². The third-order valence-corrected chi connectivity index (χ3v) is 5.56. The molecule has 2 aromatic rings. The van der Waals surface area contributed by atoms with Gasteiger partial charge in [0, 0.05) is 15.7 Å². The number of thiocarbonyl (C=S) groups is 1. The fourth-order valence-electron chi connectivity index (χ4n) is 3.65. The van der Waals surface area contributed by atoms with Crippen LogP contribution in [0.15, 0.2) is 52.5 Å². The summed E-state index contributed by atoms with van der Waals surface area (Å²) in [6.07, 6.45) is 3.36. The minimum absolute atomic E-state index is 0.147. The van der Waals surface area contributed by atoms with Gasteiger partial charge < -0.3 is 10.6 Å². The molecule has 2 nitrogen and oxygen atoms in total. The first kappa shape index (κ1) is 15.9. The van der Waals surface area contributed by atoms with Crippen molar-refractivity contribution in [2.24, 2.45) is 0 Å². The van der Waals surface area contributed by atoms with Gasteiger partial charge in [0.1, 0.15) is 0 Å². The smallest absolute Gasteiger partial charge is 0.171 e. The van der Waals surface area contributed by atoms with Crippen LogP contribution in [0.2, 0.25) is 0 Å². The van der Waals surface area contributed by atoms with Gasteiger partial charge in [-0.3, -0.25) is 0 Å². The molecular formula is C20H19BrN2S. The molecule has 0 fully saturated rings. The van der Waals surface area contributed by atoms with Crippen molar-refractivity contribution < 1.29 is 0 Å². The maximum absolute atomic E-state index is 5.52. The van der Waals surface area contributed by atoms with Crippen LogP contribution in [0.1, 0.15) is 41.1 Å². The summed E-state index contributed by atoms with van der Waals surface area (Å²) in [5, 5.41) is 7.62. The molecule has 1 aliphatic heterocycles. The molecule has 1 heterocycles. The Bertz CT molecular complexity index is 839. The first-order chi connectivity index (χ1) is 11.6. The summed E-state index contributed by atoms with van der Waals surface area (Å²) in [5.41, 5.74) is 7.89. The molecule has 0 spiro atoms. The molecule has 2 N–H and O–H groups in total. The summed E-state index contributed by atoms with van der Waals surface area (Å²) >= 11 is 9.04. The third-order valence-electron chi connectivity index (χ3n) is 4.81. The fraction of sp³-hybridized carbons (Fsp3) is 0.250. The monoisotopic (exact) mass is 398 g/mol. The lowest BCUT2D eigenvalue weighted by atomic mass is 9.91. The summed E-state index contributed by atoms with van der Waals surface area (Å²) in [6, 6.07) is 15.4. The number of hydrogen-bond donors (Lipinski definition) is 2. The van der Waals surface area contributed by atoms with Gasteiger partial charge >= 0.3 is 0 Å². The predicted molar refractivity (Wildman–Crippen MR) is 107 cm³/mol. The van der Waals surface area contributed by atoms with E-state index >= 15 is 0 Å². The van der Waals surface area contributed by atoms with Crippen LogP contribution in [-0.2, 0) is 6.42 Å². The van der Waals surface area contributed by atoms with Gasteiger partial charge in [-0.2, -0.15) is 0 Å². The van der Waals surface area contributed by atoms with E-state index in [2.05, 4.69) is 76.0 Å². The van der Waals surface area contributed by atoms with Crippen molar-refractivity contribution in [2.75, 3.05) is 0 Å². The second kappa shape index (κ2) is 6.34. The zero-order valence-corrected chi connectivity index (χ0v) is 15.9. The van der Waals surface area contributed by atoms with E-state index in [1.54, 1.807) is 0 Å². The van der Waals surface area contributed by atoms with Crippen LogP contribution in [0.3, 0.4) is 0 Å². The summed E-state index contributed by atoms with van der Waals surface area (Å²) in [7, 11) is 0. The van der Waals surface area contributed by atoms with Crippen LogP contribution >= 0.6 is 28.1 Å². The molecule has 0 bridgehead atoms. The second-order valence-electron chi connectivity index (χ2n) is 6.50. The van der Waals surface area contributed by atoms with Crippen molar-refractivity contribution in [3.8, 4) is 0 Å². The molecule has 4 heteroatoms. The van der Waals surface area contributed by atoms with Gasteiger partial charge in [-0.15, -0.1) is 0 Å². The van der Waals surface area contributed by atoms with Gasteiger partial charge in [0.25, 0.3) is 0 Å². The first-order valence-corrected chi connectivity index (χ1v) is 9.48. The van der Waals surface area contributed by atoms with E-state index in [0.29, 0.717) is 5.11 Å². The number of aryl methyl sites for hydroxylation is 2. The highest BCUT2D eigenvalue weighted by Gasteiger charge is 2.29. The molecule has 1 aliphatic carbocycles. The zero-order chi connectivity index (χ0) is 16.7. The molecule has 0 radical (unpaired) electrons. The summed E-state index contributed by atoms with van der Waals surface area (Å²) < 4.78 is 1.10. The average Bonchev–Trinajstić information content (AvgIpc) is 2.74. The first-order valence-electron chi connectivity index (χ1n) is 8.28. The summed E-state index contributed by atoms with van der Waals surface area (Å²) in [5.74, 6) is 0. The van der Waals surface area contributed by atoms with E-state index in [0.717, 1.165) is 23.7 Å². The number of rotatable bonds is 1. The lowest BCUT2D eigenvalue weighted by Gasteiger charge is -2.32. The van der Waals surface area contributed by atoms with Crippen LogP contribution in [0, 0.1) is 6.92 Å². The largest absolute Gasteiger partial charge is 0.352 e. The molecular weight excluding hydrogens is 380 g/mol.